The molecule has 1 aliphatic heterocycles. The van der Waals surface area contributed by atoms with Crippen LogP contribution in [-0.4, -0.2) is 32.8 Å². The van der Waals surface area contributed by atoms with E-state index in [0.717, 1.165) is 46.9 Å². The Bertz CT molecular complexity index is 1110. The molecule has 4 aromatic rings. The van der Waals surface area contributed by atoms with Gasteiger partial charge in [0.25, 0.3) is 0 Å². The zero-order valence-electron chi connectivity index (χ0n) is 15.1. The molecule has 0 spiro atoms. The van der Waals surface area contributed by atoms with E-state index in [2.05, 4.69) is 40.8 Å². The minimum atomic E-state index is 0.574. The van der Waals surface area contributed by atoms with Crippen LogP contribution in [-0.2, 0) is 0 Å². The van der Waals surface area contributed by atoms with E-state index in [1.165, 1.54) is 12.8 Å². The van der Waals surface area contributed by atoms with Crippen LogP contribution < -0.4 is 10.6 Å². The van der Waals surface area contributed by atoms with Crippen molar-refractivity contribution in [2.24, 2.45) is 0 Å². The molecule has 1 aromatic carbocycles. The summed E-state index contributed by atoms with van der Waals surface area (Å²) in [5, 5.41) is 9.71. The number of aryl methyl sites for hydroxylation is 1. The number of aromatic nitrogens is 4. The molecule has 136 valence electrons. The number of nitrogens with two attached hydrogens (primary N) is 1. The quantitative estimate of drug-likeness (QED) is 0.584. The smallest absolute Gasteiger partial charge is 0.228 e. The molecule has 0 unspecified atom stereocenters. The molecule has 1 saturated heterocycles. The van der Waals surface area contributed by atoms with Gasteiger partial charge in [-0.25, -0.2) is 9.67 Å². The van der Waals surface area contributed by atoms with Gasteiger partial charge in [-0.15, -0.1) is 5.10 Å². The summed E-state index contributed by atoms with van der Waals surface area (Å²) in [6, 6.07) is 10.2. The molecule has 0 amide bonds. The van der Waals surface area contributed by atoms with E-state index in [-0.39, 0.29) is 0 Å². The minimum Gasteiger partial charge on any atom is -0.383 e. The molecule has 27 heavy (non-hydrogen) atoms. The first-order valence-electron chi connectivity index (χ1n) is 9.11. The van der Waals surface area contributed by atoms with Gasteiger partial charge in [-0.05, 0) is 48.9 Å². The van der Waals surface area contributed by atoms with Crippen molar-refractivity contribution in [3.8, 4) is 16.9 Å². The van der Waals surface area contributed by atoms with Crippen LogP contribution in [0.2, 0.25) is 0 Å². The fraction of sp³-hybridized carbons (Fsp3) is 0.250. The predicted molar refractivity (Wildman–Crippen MR) is 111 cm³/mol. The standard InChI is InChI=1S/C20H20N6S/c1-13-5-4-6-15(11-13)26-18(21)16-17(14-7-10-27-12-14)22-20(23-19(16)24-26)25-8-2-3-9-25/h4-7,10-12H,2-3,8-9,21H2,1H3. The topological polar surface area (TPSA) is 72.9 Å². The van der Waals surface area contributed by atoms with Crippen LogP contribution in [0.5, 0.6) is 0 Å². The van der Waals surface area contributed by atoms with Crippen LogP contribution in [0.1, 0.15) is 18.4 Å². The number of anilines is 2. The number of hydrogen-bond acceptors (Lipinski definition) is 6. The van der Waals surface area contributed by atoms with Crippen molar-refractivity contribution in [2.45, 2.75) is 19.8 Å². The third-order valence-corrected chi connectivity index (χ3v) is 5.67. The van der Waals surface area contributed by atoms with Gasteiger partial charge in [0.2, 0.25) is 5.95 Å². The maximum absolute atomic E-state index is 6.54. The monoisotopic (exact) mass is 376 g/mol. The molecule has 7 heteroatoms. The van der Waals surface area contributed by atoms with Crippen molar-refractivity contribution >= 4 is 34.1 Å². The van der Waals surface area contributed by atoms with Gasteiger partial charge in [0.15, 0.2) is 5.65 Å². The Morgan fingerprint density at radius 1 is 1.11 bits per heavy atom. The van der Waals surface area contributed by atoms with Crippen molar-refractivity contribution in [2.75, 3.05) is 23.7 Å². The normalized spacial score (nSPS) is 14.3. The van der Waals surface area contributed by atoms with Gasteiger partial charge in [-0.3, -0.25) is 0 Å². The van der Waals surface area contributed by atoms with E-state index < -0.39 is 0 Å². The van der Waals surface area contributed by atoms with Gasteiger partial charge in [-0.1, -0.05) is 12.1 Å². The van der Waals surface area contributed by atoms with E-state index in [1.54, 1.807) is 16.0 Å². The largest absolute Gasteiger partial charge is 0.383 e. The maximum Gasteiger partial charge on any atom is 0.228 e. The number of nitrogen functional groups attached to an aromatic ring is 1. The second-order valence-corrected chi connectivity index (χ2v) is 7.69. The Hall–Kier alpha value is -2.93. The Labute approximate surface area is 161 Å². The van der Waals surface area contributed by atoms with Crippen LogP contribution >= 0.6 is 11.3 Å². The molecule has 0 radical (unpaired) electrons. The molecule has 0 saturated carbocycles. The molecule has 0 atom stereocenters. The van der Waals surface area contributed by atoms with Crippen molar-refractivity contribution in [3.05, 3.63) is 46.7 Å². The molecule has 4 heterocycles. The minimum absolute atomic E-state index is 0.574. The molecular weight excluding hydrogens is 356 g/mol. The fourth-order valence-electron chi connectivity index (χ4n) is 3.62. The highest BCUT2D eigenvalue weighted by Gasteiger charge is 2.22. The van der Waals surface area contributed by atoms with Crippen molar-refractivity contribution in [1.29, 1.82) is 0 Å². The average molecular weight is 376 g/mol. The van der Waals surface area contributed by atoms with Crippen molar-refractivity contribution in [1.82, 2.24) is 19.7 Å². The Kier molecular flexibility index (Phi) is 3.82. The van der Waals surface area contributed by atoms with Crippen LogP contribution in [0.25, 0.3) is 28.0 Å². The molecular formula is C20H20N6S. The van der Waals surface area contributed by atoms with E-state index in [0.29, 0.717) is 11.5 Å². The van der Waals surface area contributed by atoms with Crippen molar-refractivity contribution < 1.29 is 0 Å². The highest BCUT2D eigenvalue weighted by Crippen LogP contribution is 2.34. The molecule has 1 fully saturated rings. The molecule has 0 aliphatic carbocycles. The lowest BCUT2D eigenvalue weighted by Crippen LogP contribution is -2.20. The maximum atomic E-state index is 6.54. The van der Waals surface area contributed by atoms with E-state index in [4.69, 9.17) is 20.8 Å². The Balaban J connectivity index is 1.76. The molecule has 1 aliphatic rings. The highest BCUT2D eigenvalue weighted by molar-refractivity contribution is 7.08. The van der Waals surface area contributed by atoms with Crippen LogP contribution in [0.3, 0.4) is 0 Å². The number of thiophene rings is 1. The van der Waals surface area contributed by atoms with E-state index >= 15 is 0 Å². The van der Waals surface area contributed by atoms with Crippen LogP contribution in [0.15, 0.2) is 41.1 Å². The first kappa shape index (κ1) is 16.3. The molecule has 3 aromatic heterocycles. The average Bonchev–Trinajstić information content (AvgIpc) is 3.43. The van der Waals surface area contributed by atoms with Crippen molar-refractivity contribution in [3.63, 3.8) is 0 Å². The highest BCUT2D eigenvalue weighted by atomic mass is 32.1. The lowest BCUT2D eigenvalue weighted by atomic mass is 10.1. The summed E-state index contributed by atoms with van der Waals surface area (Å²) in [5.74, 6) is 1.32. The first-order valence-corrected chi connectivity index (χ1v) is 10.1. The third kappa shape index (κ3) is 2.75. The summed E-state index contributed by atoms with van der Waals surface area (Å²) in [4.78, 5) is 11.9. The summed E-state index contributed by atoms with van der Waals surface area (Å²) in [7, 11) is 0. The molecule has 6 nitrogen and oxygen atoms in total. The number of fused-ring (bicyclic) bond motifs is 1. The summed E-state index contributed by atoms with van der Waals surface area (Å²) in [6.07, 6.45) is 2.35. The van der Waals surface area contributed by atoms with Gasteiger partial charge >= 0.3 is 0 Å². The zero-order valence-corrected chi connectivity index (χ0v) is 15.9. The number of rotatable bonds is 3. The second kappa shape index (κ2) is 6.35. The Morgan fingerprint density at radius 3 is 2.70 bits per heavy atom. The number of benzene rings is 1. The summed E-state index contributed by atoms with van der Waals surface area (Å²) in [5.41, 5.74) is 11.2. The van der Waals surface area contributed by atoms with Crippen LogP contribution in [0, 0.1) is 6.92 Å². The van der Waals surface area contributed by atoms with Gasteiger partial charge < -0.3 is 10.6 Å². The van der Waals surface area contributed by atoms with Gasteiger partial charge in [0, 0.05) is 24.0 Å². The lowest BCUT2D eigenvalue weighted by molar-refractivity contribution is 0.883. The van der Waals surface area contributed by atoms with E-state index in [9.17, 15) is 0 Å². The fourth-order valence-corrected chi connectivity index (χ4v) is 4.26. The van der Waals surface area contributed by atoms with Gasteiger partial charge in [0.1, 0.15) is 5.82 Å². The van der Waals surface area contributed by atoms with Crippen LogP contribution in [0.4, 0.5) is 11.8 Å². The zero-order chi connectivity index (χ0) is 18.4. The molecule has 5 rings (SSSR count). The third-order valence-electron chi connectivity index (χ3n) is 4.99. The van der Waals surface area contributed by atoms with E-state index in [1.807, 2.05) is 12.1 Å². The number of hydrogen-bond donors (Lipinski definition) is 1. The molecule has 2 N–H and O–H groups in total. The van der Waals surface area contributed by atoms with Gasteiger partial charge in [-0.2, -0.15) is 16.3 Å². The Morgan fingerprint density at radius 2 is 1.96 bits per heavy atom. The van der Waals surface area contributed by atoms with Gasteiger partial charge in [0.05, 0.1) is 16.8 Å². The predicted octanol–water partition coefficient (Wildman–Crippen LogP) is 4.03. The molecule has 0 bridgehead atoms. The number of nitrogens with zero attached hydrogens (tertiary/aromatic N) is 5. The SMILES string of the molecule is Cc1cccc(-n2nc3nc(N4CCCC4)nc(-c4ccsc4)c3c2N)c1. The first-order chi connectivity index (χ1) is 13.2. The summed E-state index contributed by atoms with van der Waals surface area (Å²) >= 11 is 1.65. The second-order valence-electron chi connectivity index (χ2n) is 6.91. The lowest BCUT2D eigenvalue weighted by Gasteiger charge is -2.15. The summed E-state index contributed by atoms with van der Waals surface area (Å²) in [6.45, 7) is 4.04. The summed E-state index contributed by atoms with van der Waals surface area (Å²) < 4.78 is 1.77.